The fourth-order valence-electron chi connectivity index (χ4n) is 1.21. The fourth-order valence-corrected chi connectivity index (χ4v) is 1.21. The number of hydrogen-bond donors (Lipinski definition) is 0. The van der Waals surface area contributed by atoms with Crippen molar-refractivity contribution in [3.8, 4) is 0 Å². The zero-order valence-electron chi connectivity index (χ0n) is 6.25. The van der Waals surface area contributed by atoms with Crippen molar-refractivity contribution in [3.63, 3.8) is 0 Å². The van der Waals surface area contributed by atoms with Gasteiger partial charge in [0.2, 0.25) is 0 Å². The van der Waals surface area contributed by atoms with Crippen LogP contribution < -0.4 is 5.59 Å². The lowest BCUT2D eigenvalue weighted by atomic mass is 9.86. The van der Waals surface area contributed by atoms with E-state index in [9.17, 15) is 12.9 Å². The van der Waals surface area contributed by atoms with Crippen molar-refractivity contribution in [1.82, 2.24) is 9.78 Å². The highest BCUT2D eigenvalue weighted by Crippen LogP contribution is 2.33. The first-order valence-electron chi connectivity index (χ1n) is 3.82. The van der Waals surface area contributed by atoms with Crippen molar-refractivity contribution in [3.05, 3.63) is 12.3 Å². The molecule has 0 atom stereocenters. The van der Waals surface area contributed by atoms with E-state index in [1.165, 1.54) is 6.20 Å². The normalized spacial score (nSPS) is 18.2. The Morgan fingerprint density at radius 2 is 2.08 bits per heavy atom. The molecule has 0 spiro atoms. The van der Waals surface area contributed by atoms with Crippen molar-refractivity contribution in [2.24, 2.45) is 0 Å². The van der Waals surface area contributed by atoms with Crippen LogP contribution in [0.4, 0.5) is 12.9 Å². The lowest BCUT2D eigenvalue weighted by molar-refractivity contribution is 0.487. The summed E-state index contributed by atoms with van der Waals surface area (Å²) in [5.41, 5.74) is -0.572. The summed E-state index contributed by atoms with van der Waals surface area (Å²) in [6.45, 7) is -4.89. The van der Waals surface area contributed by atoms with Crippen LogP contribution in [0.3, 0.4) is 0 Å². The van der Waals surface area contributed by atoms with Gasteiger partial charge in [-0.2, -0.15) is 5.10 Å². The van der Waals surface area contributed by atoms with Crippen LogP contribution in [0, 0.1) is 0 Å². The third kappa shape index (κ3) is 1.21. The average Bonchev–Trinajstić information content (AvgIpc) is 2.65. The number of rotatable bonds is 2. The van der Waals surface area contributed by atoms with E-state index < -0.39 is 12.6 Å². The second kappa shape index (κ2) is 2.28. The first-order chi connectivity index (χ1) is 5.59. The molecule has 0 bridgehead atoms. The van der Waals surface area contributed by atoms with Crippen molar-refractivity contribution < 1.29 is 12.9 Å². The van der Waals surface area contributed by atoms with Crippen LogP contribution in [0.2, 0.25) is 0 Å². The summed E-state index contributed by atoms with van der Waals surface area (Å²) in [6.07, 6.45) is 2.85. The molecule has 12 heavy (non-hydrogen) atoms. The molecule has 1 aromatic rings. The predicted molar refractivity (Wildman–Crippen MR) is 39.2 cm³/mol. The van der Waals surface area contributed by atoms with Gasteiger partial charge in [-0.15, -0.1) is 0 Å². The number of halogens is 3. The SMILES string of the molecule is F[B-](F)(F)c1ccnn1C1CC1. The Labute approximate surface area is 67.4 Å². The molecule has 0 aromatic carbocycles. The molecule has 1 aromatic heterocycles. The minimum Gasteiger partial charge on any atom is -0.444 e. The molecule has 0 saturated heterocycles. The monoisotopic (exact) mass is 175 g/mol. The van der Waals surface area contributed by atoms with Gasteiger partial charge in [-0.25, -0.2) is 0 Å². The van der Waals surface area contributed by atoms with Gasteiger partial charge < -0.3 is 12.9 Å². The highest BCUT2D eigenvalue weighted by atomic mass is 19.4. The van der Waals surface area contributed by atoms with Crippen LogP contribution in [0.15, 0.2) is 12.3 Å². The van der Waals surface area contributed by atoms with Gasteiger partial charge in [-0.3, -0.25) is 4.68 Å². The standard InChI is InChI=1S/C6H7BF3N2/c8-7(9,10)6-3-4-11-12(6)5-1-2-5/h3-5H,1-2H2/q-1. The lowest BCUT2D eigenvalue weighted by Crippen LogP contribution is -2.40. The quantitative estimate of drug-likeness (QED) is 0.618. The van der Waals surface area contributed by atoms with E-state index in [2.05, 4.69) is 5.10 Å². The molecule has 2 rings (SSSR count). The van der Waals surface area contributed by atoms with E-state index >= 15 is 0 Å². The van der Waals surface area contributed by atoms with Crippen LogP contribution in [-0.4, -0.2) is 16.8 Å². The van der Waals surface area contributed by atoms with Crippen LogP contribution >= 0.6 is 0 Å². The zero-order valence-corrected chi connectivity index (χ0v) is 6.25. The zero-order chi connectivity index (χ0) is 8.77. The van der Waals surface area contributed by atoms with Crippen LogP contribution in [-0.2, 0) is 0 Å². The summed E-state index contributed by atoms with van der Waals surface area (Å²) >= 11 is 0. The molecule has 6 heteroatoms. The summed E-state index contributed by atoms with van der Waals surface area (Å²) in [5.74, 6) is 0. The highest BCUT2D eigenvalue weighted by molar-refractivity contribution is 6.72. The Morgan fingerprint density at radius 3 is 2.58 bits per heavy atom. The van der Waals surface area contributed by atoms with E-state index in [1.54, 1.807) is 0 Å². The Hall–Kier alpha value is -0.935. The van der Waals surface area contributed by atoms with Crippen LogP contribution in [0.5, 0.6) is 0 Å². The summed E-state index contributed by atoms with van der Waals surface area (Å²) in [4.78, 5) is 0. The maximum Gasteiger partial charge on any atom is 0.527 e. The van der Waals surface area contributed by atoms with E-state index in [0.717, 1.165) is 23.6 Å². The minimum absolute atomic E-state index is 0.00139. The van der Waals surface area contributed by atoms with Gasteiger partial charge >= 0.3 is 6.98 Å². The molecule has 0 aliphatic heterocycles. The van der Waals surface area contributed by atoms with E-state index in [0.29, 0.717) is 0 Å². The molecule has 0 amide bonds. The second-order valence-electron chi connectivity index (χ2n) is 3.01. The molecule has 1 saturated carbocycles. The van der Waals surface area contributed by atoms with Gasteiger partial charge in [0.15, 0.2) is 0 Å². The number of nitrogens with zero attached hydrogens (tertiary/aromatic N) is 2. The molecular formula is C6H7BF3N2-. The average molecular weight is 175 g/mol. The molecule has 0 radical (unpaired) electrons. The largest absolute Gasteiger partial charge is 0.527 e. The molecule has 0 unspecified atom stereocenters. The Morgan fingerprint density at radius 1 is 1.42 bits per heavy atom. The predicted octanol–water partition coefficient (Wildman–Crippen LogP) is 1.27. The summed E-state index contributed by atoms with van der Waals surface area (Å²) in [5, 5.41) is 3.66. The number of hydrogen-bond acceptors (Lipinski definition) is 1. The molecule has 1 fully saturated rings. The van der Waals surface area contributed by atoms with Gasteiger partial charge in [0.1, 0.15) is 0 Å². The third-order valence-corrected chi connectivity index (χ3v) is 1.93. The van der Waals surface area contributed by atoms with Gasteiger partial charge in [0.05, 0.1) is 0 Å². The van der Waals surface area contributed by atoms with Crippen LogP contribution in [0.25, 0.3) is 0 Å². The molecule has 1 aliphatic carbocycles. The van der Waals surface area contributed by atoms with E-state index in [4.69, 9.17) is 0 Å². The molecule has 2 nitrogen and oxygen atoms in total. The maximum absolute atomic E-state index is 12.3. The molecule has 1 aliphatic rings. The van der Waals surface area contributed by atoms with Gasteiger partial charge in [0.25, 0.3) is 0 Å². The van der Waals surface area contributed by atoms with Gasteiger partial charge in [-0.05, 0) is 18.4 Å². The first-order valence-corrected chi connectivity index (χ1v) is 3.82. The van der Waals surface area contributed by atoms with Gasteiger partial charge in [0, 0.05) is 12.2 Å². The molecular weight excluding hydrogens is 168 g/mol. The first kappa shape index (κ1) is 7.70. The maximum atomic E-state index is 12.3. The molecule has 0 N–H and O–H groups in total. The Balaban J connectivity index is 2.36. The fraction of sp³-hybridized carbons (Fsp3) is 0.500. The van der Waals surface area contributed by atoms with Gasteiger partial charge in [-0.1, -0.05) is 6.07 Å². The Kier molecular flexibility index (Phi) is 1.46. The smallest absolute Gasteiger partial charge is 0.444 e. The van der Waals surface area contributed by atoms with E-state index in [1.807, 2.05) is 0 Å². The van der Waals surface area contributed by atoms with Crippen molar-refractivity contribution in [1.29, 1.82) is 0 Å². The lowest BCUT2D eigenvalue weighted by Gasteiger charge is -2.16. The summed E-state index contributed by atoms with van der Waals surface area (Å²) in [7, 11) is 0. The minimum atomic E-state index is -4.89. The van der Waals surface area contributed by atoms with Crippen LogP contribution in [0.1, 0.15) is 18.9 Å². The summed E-state index contributed by atoms with van der Waals surface area (Å²) < 4.78 is 37.9. The molecule has 66 valence electrons. The van der Waals surface area contributed by atoms with E-state index in [-0.39, 0.29) is 6.04 Å². The van der Waals surface area contributed by atoms with Crippen molar-refractivity contribution in [2.45, 2.75) is 18.9 Å². The summed E-state index contributed by atoms with van der Waals surface area (Å²) in [6, 6.07) is 1.04. The third-order valence-electron chi connectivity index (χ3n) is 1.93. The second-order valence-corrected chi connectivity index (χ2v) is 3.01. The highest BCUT2D eigenvalue weighted by Gasteiger charge is 2.34. The number of aromatic nitrogens is 2. The molecule has 1 heterocycles. The Bertz CT molecular complexity index is 289. The topological polar surface area (TPSA) is 17.8 Å². The van der Waals surface area contributed by atoms with Crippen molar-refractivity contribution >= 4 is 12.6 Å². The van der Waals surface area contributed by atoms with Crippen molar-refractivity contribution in [2.75, 3.05) is 0 Å².